The van der Waals surface area contributed by atoms with Crippen LogP contribution in [0, 0.1) is 23.2 Å². The van der Waals surface area contributed by atoms with Gasteiger partial charge in [0.2, 0.25) is 11.8 Å². The normalized spacial score (nSPS) is 28.2. The summed E-state index contributed by atoms with van der Waals surface area (Å²) >= 11 is 0. The van der Waals surface area contributed by atoms with Crippen LogP contribution in [0.3, 0.4) is 0 Å². The summed E-state index contributed by atoms with van der Waals surface area (Å²) in [5, 5.41) is 11.3. The summed E-state index contributed by atoms with van der Waals surface area (Å²) in [5.41, 5.74) is 1.02. The van der Waals surface area contributed by atoms with Crippen LogP contribution in [0.25, 0.3) is 0 Å². The number of amides is 3. The third kappa shape index (κ3) is 3.15. The third-order valence-electron chi connectivity index (χ3n) is 5.40. The Bertz CT molecular complexity index is 788. The van der Waals surface area contributed by atoms with E-state index in [0.717, 1.165) is 12.8 Å². The van der Waals surface area contributed by atoms with Crippen molar-refractivity contribution in [1.29, 1.82) is 5.26 Å². The van der Waals surface area contributed by atoms with E-state index in [1.807, 2.05) is 6.07 Å². The summed E-state index contributed by atoms with van der Waals surface area (Å²) in [6, 6.07) is 8.39. The van der Waals surface area contributed by atoms with Crippen molar-refractivity contribution in [2.24, 2.45) is 11.8 Å². The van der Waals surface area contributed by atoms with E-state index in [9.17, 15) is 14.4 Å². The summed E-state index contributed by atoms with van der Waals surface area (Å²) in [6.45, 7) is 0.339. The van der Waals surface area contributed by atoms with Crippen LogP contribution in [0.2, 0.25) is 0 Å². The van der Waals surface area contributed by atoms with Gasteiger partial charge in [-0.15, -0.1) is 0 Å². The number of ether oxygens (including phenoxy) is 2. The molecule has 0 spiro atoms. The first-order valence-electron chi connectivity index (χ1n) is 9.03. The number of imide groups is 1. The van der Waals surface area contributed by atoms with Gasteiger partial charge in [-0.25, -0.2) is 4.79 Å². The number of likely N-dealkylation sites (tertiary alicyclic amines) is 1. The zero-order valence-corrected chi connectivity index (χ0v) is 14.6. The van der Waals surface area contributed by atoms with Crippen LogP contribution < -0.4 is 5.32 Å². The van der Waals surface area contributed by atoms with Gasteiger partial charge in [0.15, 0.2) is 0 Å². The zero-order chi connectivity index (χ0) is 19.0. The van der Waals surface area contributed by atoms with Crippen molar-refractivity contribution in [3.63, 3.8) is 0 Å². The number of carbonyl (C=O) groups excluding carboxylic acids is 3. The second kappa shape index (κ2) is 7.00. The Morgan fingerprint density at radius 3 is 2.41 bits per heavy atom. The molecule has 3 aliphatic heterocycles. The van der Waals surface area contributed by atoms with Crippen LogP contribution in [0.1, 0.15) is 24.8 Å². The van der Waals surface area contributed by atoms with E-state index in [2.05, 4.69) is 5.32 Å². The number of anilines is 1. The number of hydrogen-bond acceptors (Lipinski definition) is 6. The van der Waals surface area contributed by atoms with Crippen LogP contribution in [0.15, 0.2) is 24.3 Å². The van der Waals surface area contributed by atoms with Gasteiger partial charge in [-0.2, -0.15) is 5.26 Å². The number of rotatable bonds is 5. The molecule has 4 unspecified atom stereocenters. The average molecular weight is 369 g/mol. The summed E-state index contributed by atoms with van der Waals surface area (Å²) in [5.74, 6) is -0.952. The Morgan fingerprint density at radius 1 is 1.19 bits per heavy atom. The topological polar surface area (TPSA) is 109 Å². The lowest BCUT2D eigenvalue weighted by molar-refractivity contribution is -0.142. The van der Waals surface area contributed by atoms with Crippen LogP contribution >= 0.6 is 0 Å². The van der Waals surface area contributed by atoms with Gasteiger partial charge in [-0.1, -0.05) is 0 Å². The lowest BCUT2D eigenvalue weighted by Gasteiger charge is -2.17. The monoisotopic (exact) mass is 369 g/mol. The summed E-state index contributed by atoms with van der Waals surface area (Å²) in [4.78, 5) is 38.1. The first kappa shape index (κ1) is 17.5. The first-order valence-corrected chi connectivity index (χ1v) is 9.03. The SMILES string of the molecule is N#Cc1ccc(NC(=O)OCCCN2C(=O)C3C4CCC(O4)C3C2=O)cc1. The molecule has 3 heterocycles. The maximum absolute atomic E-state index is 12.5. The van der Waals surface area contributed by atoms with Gasteiger partial charge in [0, 0.05) is 12.2 Å². The molecule has 1 aromatic rings. The molecule has 4 rings (SSSR count). The minimum absolute atomic E-state index is 0.0951. The minimum atomic E-state index is -0.623. The Kier molecular flexibility index (Phi) is 4.54. The average Bonchev–Trinajstić information content (AvgIpc) is 3.35. The first-order chi connectivity index (χ1) is 13.1. The second-order valence-electron chi connectivity index (χ2n) is 6.97. The molecule has 8 nitrogen and oxygen atoms in total. The number of benzene rings is 1. The van der Waals surface area contributed by atoms with Crippen LogP contribution in [-0.4, -0.2) is 48.2 Å². The van der Waals surface area contributed by atoms with Gasteiger partial charge < -0.3 is 9.47 Å². The van der Waals surface area contributed by atoms with E-state index in [1.54, 1.807) is 24.3 Å². The van der Waals surface area contributed by atoms with Crippen molar-refractivity contribution in [2.45, 2.75) is 31.5 Å². The van der Waals surface area contributed by atoms with Crippen molar-refractivity contribution in [3.8, 4) is 6.07 Å². The van der Waals surface area contributed by atoms with E-state index in [4.69, 9.17) is 14.7 Å². The Morgan fingerprint density at radius 2 is 1.81 bits per heavy atom. The van der Waals surface area contributed by atoms with Gasteiger partial charge in [0.1, 0.15) is 0 Å². The number of nitriles is 1. The van der Waals surface area contributed by atoms with E-state index in [0.29, 0.717) is 17.7 Å². The number of carbonyl (C=O) groups is 3. The molecule has 140 valence electrons. The smallest absolute Gasteiger partial charge is 0.411 e. The molecule has 2 bridgehead atoms. The van der Waals surface area contributed by atoms with Gasteiger partial charge in [0.05, 0.1) is 42.3 Å². The molecule has 4 atom stereocenters. The molecule has 0 aromatic heterocycles. The summed E-state index contributed by atoms with van der Waals surface area (Å²) < 4.78 is 10.8. The Balaban J connectivity index is 1.22. The van der Waals surface area contributed by atoms with E-state index >= 15 is 0 Å². The van der Waals surface area contributed by atoms with Crippen molar-refractivity contribution in [3.05, 3.63) is 29.8 Å². The van der Waals surface area contributed by atoms with Gasteiger partial charge >= 0.3 is 6.09 Å². The van der Waals surface area contributed by atoms with Crippen molar-refractivity contribution >= 4 is 23.6 Å². The lowest BCUT2D eigenvalue weighted by Crippen LogP contribution is -2.35. The highest BCUT2D eigenvalue weighted by atomic mass is 16.5. The number of fused-ring (bicyclic) bond motifs is 5. The van der Waals surface area contributed by atoms with Crippen molar-refractivity contribution in [1.82, 2.24) is 4.90 Å². The molecule has 0 aliphatic carbocycles. The zero-order valence-electron chi connectivity index (χ0n) is 14.6. The molecule has 3 fully saturated rings. The van der Waals surface area contributed by atoms with E-state index in [-0.39, 0.29) is 49.0 Å². The maximum atomic E-state index is 12.5. The Labute approximate surface area is 156 Å². The summed E-state index contributed by atoms with van der Waals surface area (Å²) in [6.07, 6.45) is 1.22. The molecule has 3 amide bonds. The highest BCUT2D eigenvalue weighted by molar-refractivity contribution is 6.06. The molecular weight excluding hydrogens is 350 g/mol. The lowest BCUT2D eigenvalue weighted by atomic mass is 9.81. The predicted octanol–water partition coefficient (Wildman–Crippen LogP) is 1.66. The highest BCUT2D eigenvalue weighted by Gasteiger charge is 2.62. The predicted molar refractivity (Wildman–Crippen MR) is 92.3 cm³/mol. The van der Waals surface area contributed by atoms with Crippen molar-refractivity contribution in [2.75, 3.05) is 18.5 Å². The standard InChI is InChI=1S/C19H19N3O5/c20-10-11-2-4-12(5-3-11)21-19(25)26-9-1-8-22-17(23)15-13-6-7-14(27-13)16(15)18(22)24/h2-5,13-16H,1,6-9H2,(H,21,25). The maximum Gasteiger partial charge on any atom is 0.411 e. The third-order valence-corrected chi connectivity index (χ3v) is 5.40. The fourth-order valence-electron chi connectivity index (χ4n) is 4.16. The second-order valence-corrected chi connectivity index (χ2v) is 6.97. The molecule has 1 aromatic carbocycles. The summed E-state index contributed by atoms with van der Waals surface area (Å²) in [7, 11) is 0. The van der Waals surface area contributed by atoms with Gasteiger partial charge in [-0.05, 0) is 43.5 Å². The fraction of sp³-hybridized carbons (Fsp3) is 0.474. The van der Waals surface area contributed by atoms with Gasteiger partial charge in [-0.3, -0.25) is 19.8 Å². The Hall–Kier alpha value is -2.92. The molecule has 8 heteroatoms. The molecule has 0 radical (unpaired) electrons. The van der Waals surface area contributed by atoms with Crippen LogP contribution in [-0.2, 0) is 19.1 Å². The van der Waals surface area contributed by atoms with Crippen molar-refractivity contribution < 1.29 is 23.9 Å². The van der Waals surface area contributed by atoms with Crippen LogP contribution in [0.4, 0.5) is 10.5 Å². The molecule has 3 saturated heterocycles. The number of hydrogen-bond donors (Lipinski definition) is 1. The highest BCUT2D eigenvalue weighted by Crippen LogP contribution is 2.48. The molecule has 1 N–H and O–H groups in total. The quantitative estimate of drug-likeness (QED) is 0.624. The molecule has 0 saturated carbocycles. The number of nitrogens with one attached hydrogen (secondary N) is 1. The number of nitrogens with zero attached hydrogens (tertiary/aromatic N) is 2. The van der Waals surface area contributed by atoms with Gasteiger partial charge in [0.25, 0.3) is 0 Å². The molecule has 27 heavy (non-hydrogen) atoms. The molecular formula is C19H19N3O5. The fourth-order valence-corrected chi connectivity index (χ4v) is 4.16. The minimum Gasteiger partial charge on any atom is -0.449 e. The largest absolute Gasteiger partial charge is 0.449 e. The molecule has 3 aliphatic rings. The van der Waals surface area contributed by atoms with E-state index < -0.39 is 6.09 Å². The van der Waals surface area contributed by atoms with E-state index in [1.165, 1.54) is 4.90 Å². The van der Waals surface area contributed by atoms with Crippen LogP contribution in [0.5, 0.6) is 0 Å².